The number of aryl methyl sites for hydroxylation is 1. The smallest absolute Gasteiger partial charge is 0.201 e. The van der Waals surface area contributed by atoms with Gasteiger partial charge in [0.05, 0.1) is 12.2 Å². The molecule has 0 bridgehead atoms. The van der Waals surface area contributed by atoms with E-state index in [0.29, 0.717) is 0 Å². The van der Waals surface area contributed by atoms with E-state index in [4.69, 9.17) is 4.74 Å². The maximum absolute atomic E-state index is 14.2. The van der Waals surface area contributed by atoms with Gasteiger partial charge in [-0.3, -0.25) is 0 Å². The number of hydrogen-bond donors (Lipinski definition) is 0. The molecular formula is C28H28F2O. The summed E-state index contributed by atoms with van der Waals surface area (Å²) < 4.78 is 33.2. The molecule has 3 heteroatoms. The van der Waals surface area contributed by atoms with Crippen LogP contribution in [0.15, 0.2) is 60.7 Å². The topological polar surface area (TPSA) is 9.23 Å². The summed E-state index contributed by atoms with van der Waals surface area (Å²) in [5, 5.41) is 0. The van der Waals surface area contributed by atoms with Gasteiger partial charge in [-0.2, -0.15) is 4.39 Å². The van der Waals surface area contributed by atoms with Crippen LogP contribution >= 0.6 is 0 Å². The molecule has 0 saturated heterocycles. The summed E-state index contributed by atoms with van der Waals surface area (Å²) in [7, 11) is 0. The summed E-state index contributed by atoms with van der Waals surface area (Å²) in [6.07, 6.45) is 6.20. The predicted octanol–water partition coefficient (Wildman–Crippen LogP) is 7.55. The van der Waals surface area contributed by atoms with E-state index >= 15 is 0 Å². The second-order valence-electron chi connectivity index (χ2n) is 7.51. The van der Waals surface area contributed by atoms with Crippen LogP contribution in [0.3, 0.4) is 0 Å². The van der Waals surface area contributed by atoms with Crippen LogP contribution in [0.4, 0.5) is 8.78 Å². The van der Waals surface area contributed by atoms with Crippen LogP contribution in [0.5, 0.6) is 5.75 Å². The molecule has 160 valence electrons. The number of halogens is 2. The van der Waals surface area contributed by atoms with Gasteiger partial charge in [0.2, 0.25) is 5.82 Å². The Morgan fingerprint density at radius 2 is 1.39 bits per heavy atom. The van der Waals surface area contributed by atoms with E-state index in [2.05, 4.69) is 43.0 Å². The van der Waals surface area contributed by atoms with Gasteiger partial charge >= 0.3 is 0 Å². The van der Waals surface area contributed by atoms with Gasteiger partial charge in [0, 0.05) is 5.56 Å². The summed E-state index contributed by atoms with van der Waals surface area (Å²) in [5.41, 5.74) is 4.37. The standard InChI is InChI=1S/C28H28F2O/c1-3-5-6-7-8-21-9-14-23(15-10-21)24-16-11-22(12-17-24)13-18-25-19-20-26(31-4-2)28(30)27(25)29/h9-12,14-17,19-20H,3-8H2,1-2H3. The molecule has 3 aromatic carbocycles. The minimum atomic E-state index is -1.00. The van der Waals surface area contributed by atoms with E-state index in [1.165, 1.54) is 43.4 Å². The van der Waals surface area contributed by atoms with Crippen molar-refractivity contribution in [3.8, 4) is 28.7 Å². The van der Waals surface area contributed by atoms with Crippen LogP contribution in [0, 0.1) is 23.5 Å². The Bertz CT molecular complexity index is 1040. The lowest BCUT2D eigenvalue weighted by Crippen LogP contribution is -1.98. The average Bonchev–Trinajstić information content (AvgIpc) is 2.80. The van der Waals surface area contributed by atoms with Crippen molar-refractivity contribution >= 4 is 0 Å². The third-order valence-corrected chi connectivity index (χ3v) is 5.18. The molecule has 0 amide bonds. The molecule has 0 saturated carbocycles. The first-order chi connectivity index (χ1) is 15.1. The highest BCUT2D eigenvalue weighted by Crippen LogP contribution is 2.23. The average molecular weight is 419 g/mol. The van der Waals surface area contributed by atoms with Crippen molar-refractivity contribution in [2.75, 3.05) is 6.61 Å². The zero-order valence-electron chi connectivity index (χ0n) is 18.2. The first kappa shape index (κ1) is 22.6. The second kappa shape index (κ2) is 11.3. The Labute approximate surface area is 184 Å². The van der Waals surface area contributed by atoms with Gasteiger partial charge in [0.25, 0.3) is 0 Å². The van der Waals surface area contributed by atoms with Crippen LogP contribution in [0.2, 0.25) is 0 Å². The van der Waals surface area contributed by atoms with Crippen molar-refractivity contribution in [1.82, 2.24) is 0 Å². The fourth-order valence-electron chi connectivity index (χ4n) is 3.40. The first-order valence-electron chi connectivity index (χ1n) is 10.9. The Hall–Kier alpha value is -3.12. The molecule has 0 aliphatic heterocycles. The van der Waals surface area contributed by atoms with E-state index in [0.717, 1.165) is 23.1 Å². The maximum Gasteiger partial charge on any atom is 0.201 e. The minimum absolute atomic E-state index is 0.0135. The highest BCUT2D eigenvalue weighted by molar-refractivity contribution is 5.64. The number of benzene rings is 3. The first-order valence-corrected chi connectivity index (χ1v) is 10.9. The molecule has 0 spiro atoms. The third kappa shape index (κ3) is 6.18. The normalized spacial score (nSPS) is 10.5. The lowest BCUT2D eigenvalue weighted by atomic mass is 10.0. The van der Waals surface area contributed by atoms with Gasteiger partial charge in [0.15, 0.2) is 11.6 Å². The molecule has 31 heavy (non-hydrogen) atoms. The van der Waals surface area contributed by atoms with Gasteiger partial charge in [-0.25, -0.2) is 4.39 Å². The maximum atomic E-state index is 14.2. The Balaban J connectivity index is 1.67. The summed E-state index contributed by atoms with van der Waals surface area (Å²) in [4.78, 5) is 0. The summed E-state index contributed by atoms with van der Waals surface area (Å²) in [6, 6.07) is 19.3. The van der Waals surface area contributed by atoms with Gasteiger partial charge in [-0.1, -0.05) is 74.4 Å². The fourth-order valence-corrected chi connectivity index (χ4v) is 3.40. The van der Waals surface area contributed by atoms with Crippen molar-refractivity contribution in [3.63, 3.8) is 0 Å². The zero-order chi connectivity index (χ0) is 22.1. The molecule has 0 radical (unpaired) electrons. The van der Waals surface area contributed by atoms with Crippen LogP contribution < -0.4 is 4.74 Å². The SMILES string of the molecule is CCCCCCc1ccc(-c2ccc(C#Cc3ccc(OCC)c(F)c3F)cc2)cc1. The number of ether oxygens (including phenoxy) is 1. The lowest BCUT2D eigenvalue weighted by molar-refractivity contribution is 0.314. The van der Waals surface area contributed by atoms with Crippen molar-refractivity contribution in [2.24, 2.45) is 0 Å². The monoisotopic (exact) mass is 418 g/mol. The number of rotatable bonds is 8. The van der Waals surface area contributed by atoms with E-state index in [-0.39, 0.29) is 17.9 Å². The molecule has 0 atom stereocenters. The van der Waals surface area contributed by atoms with Gasteiger partial charge < -0.3 is 4.74 Å². The van der Waals surface area contributed by atoms with E-state index < -0.39 is 11.6 Å². The minimum Gasteiger partial charge on any atom is -0.491 e. The van der Waals surface area contributed by atoms with Crippen LogP contribution in [0.25, 0.3) is 11.1 Å². The van der Waals surface area contributed by atoms with Crippen molar-refractivity contribution in [2.45, 2.75) is 46.0 Å². The summed E-state index contributed by atoms with van der Waals surface area (Å²) in [5.74, 6) is 3.54. The largest absolute Gasteiger partial charge is 0.491 e. The lowest BCUT2D eigenvalue weighted by Gasteiger charge is -2.06. The van der Waals surface area contributed by atoms with Crippen molar-refractivity contribution in [1.29, 1.82) is 0 Å². The molecule has 0 N–H and O–H groups in total. The summed E-state index contributed by atoms with van der Waals surface area (Å²) >= 11 is 0. The molecule has 0 aliphatic rings. The van der Waals surface area contributed by atoms with Crippen LogP contribution in [-0.4, -0.2) is 6.61 Å². The molecule has 0 fully saturated rings. The summed E-state index contributed by atoms with van der Waals surface area (Å²) in [6.45, 7) is 4.22. The van der Waals surface area contributed by atoms with Gasteiger partial charge in [-0.15, -0.1) is 0 Å². The third-order valence-electron chi connectivity index (χ3n) is 5.18. The Kier molecular flexibility index (Phi) is 8.24. The molecule has 0 aliphatic carbocycles. The quantitative estimate of drug-likeness (QED) is 0.271. The molecule has 0 heterocycles. The van der Waals surface area contributed by atoms with Gasteiger partial charge in [0.1, 0.15) is 0 Å². The molecule has 0 aromatic heterocycles. The number of unbranched alkanes of at least 4 members (excludes halogenated alkanes) is 3. The molecule has 3 aromatic rings. The highest BCUT2D eigenvalue weighted by Gasteiger charge is 2.12. The van der Waals surface area contributed by atoms with Crippen molar-refractivity contribution < 1.29 is 13.5 Å². The van der Waals surface area contributed by atoms with Gasteiger partial charge in [-0.05, 0) is 60.7 Å². The molecule has 3 rings (SSSR count). The van der Waals surface area contributed by atoms with Crippen LogP contribution in [0.1, 0.15) is 56.2 Å². The van der Waals surface area contributed by atoms with E-state index in [9.17, 15) is 8.78 Å². The molecule has 0 unspecified atom stereocenters. The molecule has 1 nitrogen and oxygen atoms in total. The van der Waals surface area contributed by atoms with Crippen LogP contribution in [-0.2, 0) is 6.42 Å². The predicted molar refractivity (Wildman–Crippen MR) is 123 cm³/mol. The zero-order valence-corrected chi connectivity index (χ0v) is 18.2. The fraction of sp³-hybridized carbons (Fsp3) is 0.286. The Morgan fingerprint density at radius 3 is 2.03 bits per heavy atom. The van der Waals surface area contributed by atoms with E-state index in [1.54, 1.807) is 6.92 Å². The Morgan fingerprint density at radius 1 is 0.710 bits per heavy atom. The highest BCUT2D eigenvalue weighted by atomic mass is 19.2. The van der Waals surface area contributed by atoms with Crippen molar-refractivity contribution in [3.05, 3.63) is 89.0 Å². The molecular weight excluding hydrogens is 390 g/mol. The second-order valence-corrected chi connectivity index (χ2v) is 7.51. The van der Waals surface area contributed by atoms with E-state index in [1.807, 2.05) is 24.3 Å². The number of hydrogen-bond acceptors (Lipinski definition) is 1.